The highest BCUT2D eigenvalue weighted by molar-refractivity contribution is 8.00. The number of nitrogens with one attached hydrogen (secondary N) is 2. The Hall–Kier alpha value is -3.49. The van der Waals surface area contributed by atoms with Gasteiger partial charge >= 0.3 is 0 Å². The van der Waals surface area contributed by atoms with Gasteiger partial charge in [-0.25, -0.2) is 28.1 Å². The van der Waals surface area contributed by atoms with Crippen LogP contribution in [0.1, 0.15) is 29.6 Å². The van der Waals surface area contributed by atoms with Crippen molar-refractivity contribution in [3.8, 4) is 6.07 Å². The molecule has 1 atom stereocenters. The van der Waals surface area contributed by atoms with E-state index in [-0.39, 0.29) is 16.8 Å². The minimum atomic E-state index is -3.89. The van der Waals surface area contributed by atoms with Crippen molar-refractivity contribution in [2.45, 2.75) is 42.9 Å². The van der Waals surface area contributed by atoms with Gasteiger partial charge in [0.05, 0.1) is 15.7 Å². The highest BCUT2D eigenvalue weighted by atomic mass is 32.2. The van der Waals surface area contributed by atoms with Crippen LogP contribution in [0.15, 0.2) is 52.4 Å². The lowest BCUT2D eigenvalue weighted by molar-refractivity contribution is -0.115. The molecule has 0 bridgehead atoms. The molecular formula is C22H22N6O3S2. The predicted molar refractivity (Wildman–Crippen MR) is 126 cm³/mol. The summed E-state index contributed by atoms with van der Waals surface area (Å²) in [5, 5.41) is 11.9. The summed E-state index contributed by atoms with van der Waals surface area (Å²) >= 11 is 1.18. The second-order valence-corrected chi connectivity index (χ2v) is 10.3. The first kappa shape index (κ1) is 24.2. The summed E-state index contributed by atoms with van der Waals surface area (Å²) < 4.78 is 27.6. The van der Waals surface area contributed by atoms with E-state index in [2.05, 4.69) is 31.1 Å². The van der Waals surface area contributed by atoms with E-state index in [9.17, 15) is 18.5 Å². The molecule has 2 aromatic heterocycles. The van der Waals surface area contributed by atoms with Crippen molar-refractivity contribution in [1.29, 1.82) is 5.26 Å². The summed E-state index contributed by atoms with van der Waals surface area (Å²) in [6.45, 7) is 7.02. The van der Waals surface area contributed by atoms with Crippen LogP contribution < -0.4 is 10.0 Å². The molecule has 3 rings (SSSR count). The number of nitriles is 1. The van der Waals surface area contributed by atoms with E-state index in [1.54, 1.807) is 39.0 Å². The Labute approximate surface area is 196 Å². The van der Waals surface area contributed by atoms with Gasteiger partial charge in [-0.05, 0) is 70.2 Å². The topological polar surface area (TPSA) is 138 Å². The number of hydrogen-bond donors (Lipinski definition) is 2. The number of anilines is 2. The molecular weight excluding hydrogens is 460 g/mol. The number of aryl methyl sites for hydroxylation is 3. The summed E-state index contributed by atoms with van der Waals surface area (Å²) in [5.41, 5.74) is 2.88. The number of carbonyl (C=O) groups is 1. The van der Waals surface area contributed by atoms with Crippen molar-refractivity contribution in [3.63, 3.8) is 0 Å². The van der Waals surface area contributed by atoms with Crippen LogP contribution in [0.2, 0.25) is 0 Å². The van der Waals surface area contributed by atoms with Crippen molar-refractivity contribution in [2.75, 3.05) is 10.0 Å². The van der Waals surface area contributed by atoms with Crippen LogP contribution in [0.4, 0.5) is 11.6 Å². The number of nitrogens with zero attached hydrogens (tertiary/aromatic N) is 4. The minimum absolute atomic E-state index is 0.00257. The average Bonchev–Trinajstić information content (AvgIpc) is 2.73. The SMILES string of the molecule is Cc1cc(C)nc(NS(=O)(=O)c2ccc(NC(=O)C(C)Sc3nc(C)ccc3C#N)cc2)n1. The number of thioether (sulfide) groups is 1. The van der Waals surface area contributed by atoms with E-state index in [4.69, 9.17) is 0 Å². The van der Waals surface area contributed by atoms with Crippen LogP contribution in [-0.2, 0) is 14.8 Å². The minimum Gasteiger partial charge on any atom is -0.325 e. The summed E-state index contributed by atoms with van der Waals surface area (Å²) in [5.74, 6) is -0.304. The second-order valence-electron chi connectivity index (χ2n) is 7.27. The van der Waals surface area contributed by atoms with Gasteiger partial charge in [-0.15, -0.1) is 0 Å². The number of rotatable bonds is 7. The molecule has 1 amide bonds. The van der Waals surface area contributed by atoms with Gasteiger partial charge in [0.1, 0.15) is 11.1 Å². The number of benzene rings is 1. The van der Waals surface area contributed by atoms with E-state index < -0.39 is 15.3 Å². The maximum Gasteiger partial charge on any atom is 0.264 e. The van der Waals surface area contributed by atoms with Gasteiger partial charge in [0.15, 0.2) is 0 Å². The van der Waals surface area contributed by atoms with Gasteiger partial charge in [0.25, 0.3) is 10.0 Å². The number of hydrogen-bond acceptors (Lipinski definition) is 8. The summed E-state index contributed by atoms with van der Waals surface area (Å²) in [7, 11) is -3.89. The Kier molecular flexibility index (Phi) is 7.30. The molecule has 0 radical (unpaired) electrons. The Balaban J connectivity index is 1.68. The summed E-state index contributed by atoms with van der Waals surface area (Å²) in [4.78, 5) is 25.1. The lowest BCUT2D eigenvalue weighted by Gasteiger charge is -2.13. The van der Waals surface area contributed by atoms with E-state index in [1.165, 1.54) is 36.0 Å². The molecule has 11 heteroatoms. The van der Waals surface area contributed by atoms with Crippen molar-refractivity contribution < 1.29 is 13.2 Å². The third-order valence-corrected chi connectivity index (χ3v) is 6.86. The van der Waals surface area contributed by atoms with Crippen molar-refractivity contribution in [1.82, 2.24) is 15.0 Å². The molecule has 9 nitrogen and oxygen atoms in total. The standard InChI is InChI=1S/C22H22N6O3S2/c1-13-5-6-17(12-23)21(24-13)32-16(4)20(29)27-18-7-9-19(10-8-18)33(30,31)28-22-25-14(2)11-15(3)26-22/h5-11,16H,1-4H3,(H,27,29)(H,25,26,28). The molecule has 3 aromatic rings. The molecule has 33 heavy (non-hydrogen) atoms. The van der Waals surface area contributed by atoms with Crippen LogP contribution >= 0.6 is 11.8 Å². The van der Waals surface area contributed by atoms with E-state index >= 15 is 0 Å². The number of aromatic nitrogens is 3. The van der Waals surface area contributed by atoms with Crippen LogP contribution in [0.25, 0.3) is 0 Å². The van der Waals surface area contributed by atoms with Crippen LogP contribution in [0.5, 0.6) is 0 Å². The Bertz CT molecular complexity index is 1310. The molecule has 0 saturated heterocycles. The van der Waals surface area contributed by atoms with Gasteiger partial charge in [0, 0.05) is 22.8 Å². The largest absolute Gasteiger partial charge is 0.325 e. The van der Waals surface area contributed by atoms with Gasteiger partial charge < -0.3 is 5.32 Å². The van der Waals surface area contributed by atoms with Gasteiger partial charge in [-0.3, -0.25) is 4.79 Å². The molecule has 0 saturated carbocycles. The van der Waals surface area contributed by atoms with Crippen molar-refractivity contribution >= 4 is 39.3 Å². The van der Waals surface area contributed by atoms with Crippen LogP contribution in [-0.4, -0.2) is 34.5 Å². The fraction of sp³-hybridized carbons (Fsp3) is 0.227. The van der Waals surface area contributed by atoms with Gasteiger partial charge in [-0.2, -0.15) is 5.26 Å². The van der Waals surface area contributed by atoms with Gasteiger partial charge in [-0.1, -0.05) is 11.8 Å². The Morgan fingerprint density at radius 3 is 2.24 bits per heavy atom. The fourth-order valence-electron chi connectivity index (χ4n) is 2.84. The zero-order chi connectivity index (χ0) is 24.2. The van der Waals surface area contributed by atoms with Gasteiger partial charge in [0.2, 0.25) is 11.9 Å². The zero-order valence-corrected chi connectivity index (χ0v) is 20.1. The molecule has 2 heterocycles. The maximum atomic E-state index is 12.6. The fourth-order valence-corrected chi connectivity index (χ4v) is 4.72. The van der Waals surface area contributed by atoms with E-state index in [1.807, 2.05) is 6.92 Å². The normalized spacial score (nSPS) is 12.0. The molecule has 1 aromatic carbocycles. The third-order valence-electron chi connectivity index (χ3n) is 4.42. The first-order chi connectivity index (χ1) is 15.6. The second kappa shape index (κ2) is 9.97. The lowest BCUT2D eigenvalue weighted by Crippen LogP contribution is -2.22. The smallest absolute Gasteiger partial charge is 0.264 e. The van der Waals surface area contributed by atoms with E-state index in [0.29, 0.717) is 27.7 Å². The first-order valence-corrected chi connectivity index (χ1v) is 12.2. The number of pyridine rings is 1. The Morgan fingerprint density at radius 2 is 1.64 bits per heavy atom. The van der Waals surface area contributed by atoms with Crippen LogP contribution in [0.3, 0.4) is 0 Å². The average molecular weight is 483 g/mol. The molecule has 1 unspecified atom stereocenters. The highest BCUT2D eigenvalue weighted by Crippen LogP contribution is 2.26. The molecule has 0 spiro atoms. The summed E-state index contributed by atoms with van der Waals surface area (Å²) in [6, 6.07) is 13.0. The quantitative estimate of drug-likeness (QED) is 0.487. The third kappa shape index (κ3) is 6.27. The molecule has 2 N–H and O–H groups in total. The monoisotopic (exact) mass is 482 g/mol. The van der Waals surface area contributed by atoms with Crippen molar-refractivity contribution in [2.24, 2.45) is 0 Å². The lowest BCUT2D eigenvalue weighted by atomic mass is 10.3. The van der Waals surface area contributed by atoms with Crippen LogP contribution in [0, 0.1) is 32.1 Å². The molecule has 170 valence electrons. The maximum absolute atomic E-state index is 12.6. The zero-order valence-electron chi connectivity index (χ0n) is 18.4. The Morgan fingerprint density at radius 1 is 1.00 bits per heavy atom. The first-order valence-electron chi connectivity index (χ1n) is 9.88. The molecule has 0 aliphatic rings. The highest BCUT2D eigenvalue weighted by Gasteiger charge is 2.19. The summed E-state index contributed by atoms with van der Waals surface area (Å²) in [6.07, 6.45) is 0. The predicted octanol–water partition coefficient (Wildman–Crippen LogP) is 3.59. The number of sulfonamides is 1. The molecule has 0 aliphatic heterocycles. The number of carbonyl (C=O) groups excluding carboxylic acids is 1. The number of amides is 1. The molecule has 0 fully saturated rings. The van der Waals surface area contributed by atoms with Crippen molar-refractivity contribution in [3.05, 3.63) is 65.1 Å². The van der Waals surface area contributed by atoms with E-state index in [0.717, 1.165) is 5.69 Å². The molecule has 0 aliphatic carbocycles.